The second kappa shape index (κ2) is 6.21. The number of aryl methyl sites for hydroxylation is 2. The van der Waals surface area contributed by atoms with E-state index in [2.05, 4.69) is 25.1 Å². The highest BCUT2D eigenvalue weighted by Crippen LogP contribution is 2.47. The Bertz CT molecular complexity index is 900. The van der Waals surface area contributed by atoms with E-state index in [0.717, 1.165) is 23.1 Å². The monoisotopic (exact) mass is 328 g/mol. The summed E-state index contributed by atoms with van der Waals surface area (Å²) in [4.78, 5) is 13.1. The van der Waals surface area contributed by atoms with Crippen molar-refractivity contribution >= 4 is 5.97 Å². The number of carbonyl (C=O) groups excluding carboxylic acids is 1. The molecule has 1 heterocycles. The Hall–Kier alpha value is -2.87. The fourth-order valence-electron chi connectivity index (χ4n) is 3.72. The van der Waals surface area contributed by atoms with Crippen molar-refractivity contribution in [3.05, 3.63) is 101 Å². The van der Waals surface area contributed by atoms with Gasteiger partial charge in [-0.2, -0.15) is 0 Å². The number of hydrogen-bond acceptors (Lipinski definition) is 2. The third kappa shape index (κ3) is 2.64. The summed E-state index contributed by atoms with van der Waals surface area (Å²) >= 11 is 0. The Balaban J connectivity index is 1.83. The second-order valence-electron chi connectivity index (χ2n) is 6.65. The van der Waals surface area contributed by atoms with Crippen LogP contribution in [0.15, 0.2) is 78.9 Å². The van der Waals surface area contributed by atoms with Crippen LogP contribution in [0.3, 0.4) is 0 Å². The van der Waals surface area contributed by atoms with E-state index in [-0.39, 0.29) is 5.97 Å². The minimum absolute atomic E-state index is 0.171. The van der Waals surface area contributed by atoms with E-state index in [9.17, 15) is 4.79 Å². The summed E-state index contributed by atoms with van der Waals surface area (Å²) in [5.74, 6) is 0.516. The predicted molar refractivity (Wildman–Crippen MR) is 98.8 cm³/mol. The summed E-state index contributed by atoms with van der Waals surface area (Å²) in [6.45, 7) is 2.05. The number of rotatable bonds is 4. The molecule has 0 aliphatic carbocycles. The first kappa shape index (κ1) is 15.6. The maximum atomic E-state index is 13.1. The average molecular weight is 328 g/mol. The summed E-state index contributed by atoms with van der Waals surface area (Å²) in [6, 6.07) is 26.3. The highest BCUT2D eigenvalue weighted by atomic mass is 16.5. The van der Waals surface area contributed by atoms with Gasteiger partial charge in [0, 0.05) is 5.56 Å². The number of benzene rings is 3. The molecule has 25 heavy (non-hydrogen) atoms. The average Bonchev–Trinajstić information content (AvgIpc) is 2.93. The summed E-state index contributed by atoms with van der Waals surface area (Å²) in [6.07, 6.45) is 1.51. The van der Waals surface area contributed by atoms with Crippen LogP contribution in [-0.2, 0) is 16.6 Å². The zero-order valence-corrected chi connectivity index (χ0v) is 14.2. The van der Waals surface area contributed by atoms with E-state index in [1.807, 2.05) is 60.7 Å². The van der Waals surface area contributed by atoms with Gasteiger partial charge in [-0.25, -0.2) is 0 Å². The van der Waals surface area contributed by atoms with Crippen LogP contribution >= 0.6 is 0 Å². The van der Waals surface area contributed by atoms with Crippen molar-refractivity contribution in [2.75, 3.05) is 0 Å². The van der Waals surface area contributed by atoms with Crippen molar-refractivity contribution in [2.45, 2.75) is 25.2 Å². The molecule has 2 heteroatoms. The van der Waals surface area contributed by atoms with E-state index in [4.69, 9.17) is 4.74 Å². The molecule has 0 amide bonds. The van der Waals surface area contributed by atoms with E-state index in [1.54, 1.807) is 0 Å². The summed E-state index contributed by atoms with van der Waals surface area (Å²) in [5.41, 5.74) is 3.61. The molecule has 1 aliphatic heterocycles. The molecule has 0 fully saturated rings. The Morgan fingerprint density at radius 1 is 0.880 bits per heavy atom. The lowest BCUT2D eigenvalue weighted by Gasteiger charge is -2.27. The lowest BCUT2D eigenvalue weighted by atomic mass is 9.71. The Morgan fingerprint density at radius 2 is 1.56 bits per heavy atom. The number of hydrogen-bond donors (Lipinski definition) is 0. The molecule has 0 saturated carbocycles. The molecular formula is C23H20O2. The number of fused-ring (bicyclic) bond motifs is 1. The van der Waals surface area contributed by atoms with Crippen molar-refractivity contribution in [1.82, 2.24) is 0 Å². The highest BCUT2D eigenvalue weighted by molar-refractivity contribution is 5.94. The van der Waals surface area contributed by atoms with Gasteiger partial charge >= 0.3 is 5.97 Å². The normalized spacial score (nSPS) is 18.7. The van der Waals surface area contributed by atoms with E-state index in [1.165, 1.54) is 5.56 Å². The lowest BCUT2D eigenvalue weighted by Crippen LogP contribution is -2.35. The van der Waals surface area contributed by atoms with Gasteiger partial charge < -0.3 is 4.74 Å². The first-order valence-corrected chi connectivity index (χ1v) is 8.63. The molecule has 0 saturated heterocycles. The van der Waals surface area contributed by atoms with Crippen molar-refractivity contribution in [2.24, 2.45) is 0 Å². The molecule has 2 nitrogen and oxygen atoms in total. The SMILES string of the molecule is Cc1ccc2c(c1)C(CCc1ccccc1)(c1ccccc1)C(=O)O2. The smallest absolute Gasteiger partial charge is 0.326 e. The van der Waals surface area contributed by atoms with Crippen LogP contribution in [-0.4, -0.2) is 5.97 Å². The molecule has 0 bridgehead atoms. The standard InChI is InChI=1S/C23H20O2/c1-17-12-13-21-20(16-17)23(22(24)25-21,19-10-6-3-7-11-19)15-14-18-8-4-2-5-9-18/h2-13,16H,14-15H2,1H3. The van der Waals surface area contributed by atoms with Gasteiger partial charge in [0.1, 0.15) is 11.2 Å². The van der Waals surface area contributed by atoms with Gasteiger partial charge in [0.05, 0.1) is 0 Å². The Morgan fingerprint density at radius 3 is 2.28 bits per heavy atom. The molecule has 1 atom stereocenters. The van der Waals surface area contributed by atoms with Crippen LogP contribution < -0.4 is 4.74 Å². The molecule has 3 aromatic rings. The van der Waals surface area contributed by atoms with Gasteiger partial charge in [0.15, 0.2) is 0 Å². The molecule has 124 valence electrons. The van der Waals surface area contributed by atoms with Crippen LogP contribution in [0.25, 0.3) is 0 Å². The minimum Gasteiger partial charge on any atom is -0.425 e. The van der Waals surface area contributed by atoms with Crippen molar-refractivity contribution < 1.29 is 9.53 Å². The van der Waals surface area contributed by atoms with Crippen LogP contribution in [0.4, 0.5) is 0 Å². The van der Waals surface area contributed by atoms with Crippen LogP contribution in [0.1, 0.15) is 28.7 Å². The Kier molecular flexibility index (Phi) is 3.89. The van der Waals surface area contributed by atoms with Gasteiger partial charge in [0.2, 0.25) is 0 Å². The third-order valence-corrected chi connectivity index (χ3v) is 5.04. The summed E-state index contributed by atoms with van der Waals surface area (Å²) < 4.78 is 5.68. The molecule has 3 aromatic carbocycles. The first-order chi connectivity index (χ1) is 12.2. The maximum Gasteiger partial charge on any atom is 0.326 e. The molecule has 0 spiro atoms. The van der Waals surface area contributed by atoms with Crippen molar-refractivity contribution in [1.29, 1.82) is 0 Å². The zero-order valence-electron chi connectivity index (χ0n) is 14.2. The molecule has 1 aliphatic rings. The summed E-state index contributed by atoms with van der Waals surface area (Å²) in [7, 11) is 0. The third-order valence-electron chi connectivity index (χ3n) is 5.04. The molecule has 1 unspecified atom stereocenters. The second-order valence-corrected chi connectivity index (χ2v) is 6.65. The van der Waals surface area contributed by atoms with Gasteiger partial charge in [-0.3, -0.25) is 4.79 Å². The molecule has 4 rings (SSSR count). The largest absolute Gasteiger partial charge is 0.425 e. The lowest BCUT2D eigenvalue weighted by molar-refractivity contribution is -0.137. The zero-order chi connectivity index (χ0) is 17.3. The Labute approximate surface area is 148 Å². The predicted octanol–water partition coefficient (Wildman–Crippen LogP) is 4.83. The summed E-state index contributed by atoms with van der Waals surface area (Å²) in [5, 5.41) is 0. The molecule has 0 aromatic heterocycles. The van der Waals surface area contributed by atoms with E-state index < -0.39 is 5.41 Å². The minimum atomic E-state index is -0.738. The van der Waals surface area contributed by atoms with E-state index in [0.29, 0.717) is 12.2 Å². The van der Waals surface area contributed by atoms with Crippen molar-refractivity contribution in [3.8, 4) is 5.75 Å². The van der Waals surface area contributed by atoms with Gasteiger partial charge in [-0.1, -0.05) is 78.4 Å². The van der Waals surface area contributed by atoms with Gasteiger partial charge in [-0.05, 0) is 37.0 Å². The van der Waals surface area contributed by atoms with Gasteiger partial charge in [0.25, 0.3) is 0 Å². The van der Waals surface area contributed by atoms with Gasteiger partial charge in [-0.15, -0.1) is 0 Å². The van der Waals surface area contributed by atoms with E-state index >= 15 is 0 Å². The fraction of sp³-hybridized carbons (Fsp3) is 0.174. The highest BCUT2D eigenvalue weighted by Gasteiger charge is 2.50. The number of carbonyl (C=O) groups is 1. The number of esters is 1. The first-order valence-electron chi connectivity index (χ1n) is 8.63. The van der Waals surface area contributed by atoms with Crippen LogP contribution in [0, 0.1) is 6.92 Å². The molecule has 0 radical (unpaired) electrons. The quantitative estimate of drug-likeness (QED) is 0.506. The van der Waals surface area contributed by atoms with Crippen LogP contribution in [0.2, 0.25) is 0 Å². The topological polar surface area (TPSA) is 26.3 Å². The maximum absolute atomic E-state index is 13.1. The van der Waals surface area contributed by atoms with Crippen molar-refractivity contribution in [3.63, 3.8) is 0 Å². The molecule has 0 N–H and O–H groups in total. The van der Waals surface area contributed by atoms with Crippen LogP contribution in [0.5, 0.6) is 5.75 Å². The fourth-order valence-corrected chi connectivity index (χ4v) is 3.72. The molecular weight excluding hydrogens is 308 g/mol. The number of ether oxygens (including phenoxy) is 1.